The maximum absolute atomic E-state index is 11.1. The van der Waals surface area contributed by atoms with Gasteiger partial charge in [-0.2, -0.15) is 0 Å². The second-order valence-electron chi connectivity index (χ2n) is 6.16. The molecule has 29 heavy (non-hydrogen) atoms. The summed E-state index contributed by atoms with van der Waals surface area (Å²) < 4.78 is 0. The normalized spacial score (nSPS) is 20.7. The SMILES string of the molecule is O=C([O-])CN(CC(=O)[O-])[C@@H]1CC(N=C=S)CC[C@H]1N(CC(=O)O)CC(=O)O.[Li+].[Li+]. The molecule has 1 unspecified atom stereocenters. The third-order valence-corrected chi connectivity index (χ3v) is 4.37. The molecule has 150 valence electrons. The Hall–Kier alpha value is -1.21. The maximum Gasteiger partial charge on any atom is 1.00 e. The molecule has 0 heterocycles. The van der Waals surface area contributed by atoms with Crippen LogP contribution in [0.5, 0.6) is 0 Å². The van der Waals surface area contributed by atoms with Gasteiger partial charge in [-0.1, -0.05) is 0 Å². The van der Waals surface area contributed by atoms with Gasteiger partial charge in [0, 0.05) is 25.2 Å². The summed E-state index contributed by atoms with van der Waals surface area (Å²) in [5.41, 5.74) is 0. The van der Waals surface area contributed by atoms with Crippen LogP contribution in [0.4, 0.5) is 0 Å². The van der Waals surface area contributed by atoms with E-state index < -0.39 is 62.1 Å². The third-order valence-electron chi connectivity index (χ3n) is 4.27. The summed E-state index contributed by atoms with van der Waals surface area (Å²) in [6.07, 6.45) is 0.864. The fourth-order valence-electron chi connectivity index (χ4n) is 3.38. The Kier molecular flexibility index (Phi) is 15.2. The molecule has 0 aromatic heterocycles. The maximum atomic E-state index is 11.1. The number of aliphatic imine (C=N–C) groups is 1. The Morgan fingerprint density at radius 3 is 1.72 bits per heavy atom. The van der Waals surface area contributed by atoms with Crippen LogP contribution in [0.1, 0.15) is 19.3 Å². The van der Waals surface area contributed by atoms with E-state index in [9.17, 15) is 29.4 Å². The predicted molar refractivity (Wildman–Crippen MR) is 88.7 cm³/mol. The summed E-state index contributed by atoms with van der Waals surface area (Å²) in [4.78, 5) is 50.6. The first-order valence-corrected chi connectivity index (χ1v) is 8.43. The topological polar surface area (TPSA) is 174 Å². The number of carbonyl (C=O) groups is 4. The minimum Gasteiger partial charge on any atom is -0.549 e. The molecule has 14 heteroatoms. The van der Waals surface area contributed by atoms with Gasteiger partial charge in [-0.05, 0) is 31.5 Å². The Bertz CT molecular complexity index is 615. The number of carboxylic acid groups (broad SMARTS) is 4. The molecule has 0 aromatic rings. The van der Waals surface area contributed by atoms with Gasteiger partial charge in [-0.3, -0.25) is 19.4 Å². The minimum absolute atomic E-state index is 0. The monoisotopic (exact) mass is 415 g/mol. The zero-order valence-electron chi connectivity index (χ0n) is 16.3. The molecule has 1 fully saturated rings. The Morgan fingerprint density at radius 2 is 1.34 bits per heavy atom. The molecule has 0 saturated heterocycles. The van der Waals surface area contributed by atoms with Crippen LogP contribution in [-0.2, 0) is 19.2 Å². The molecular formula is C15H19Li2N3O8S. The van der Waals surface area contributed by atoms with Crippen molar-refractivity contribution >= 4 is 41.3 Å². The Balaban J connectivity index is 0. The molecule has 0 radical (unpaired) electrons. The van der Waals surface area contributed by atoms with Gasteiger partial charge in [0.15, 0.2) is 0 Å². The number of isothiocyanates is 1. The molecule has 0 spiro atoms. The second-order valence-corrected chi connectivity index (χ2v) is 6.35. The molecule has 0 aromatic carbocycles. The third kappa shape index (κ3) is 10.9. The molecule has 0 amide bonds. The summed E-state index contributed by atoms with van der Waals surface area (Å²) >= 11 is 4.57. The zero-order chi connectivity index (χ0) is 20.6. The summed E-state index contributed by atoms with van der Waals surface area (Å²) in [5, 5.41) is 42.5. The molecule has 0 aliphatic heterocycles. The number of hydrogen-bond donors (Lipinski definition) is 2. The molecule has 1 rings (SSSR count). The van der Waals surface area contributed by atoms with Crippen LogP contribution in [0.25, 0.3) is 0 Å². The van der Waals surface area contributed by atoms with Crippen molar-refractivity contribution in [3.8, 4) is 0 Å². The van der Waals surface area contributed by atoms with Crippen molar-refractivity contribution in [2.24, 2.45) is 4.99 Å². The van der Waals surface area contributed by atoms with Crippen molar-refractivity contribution < 1.29 is 77.3 Å². The summed E-state index contributed by atoms with van der Waals surface area (Å²) in [7, 11) is 0. The summed E-state index contributed by atoms with van der Waals surface area (Å²) in [6, 6.07) is -1.89. The van der Waals surface area contributed by atoms with Crippen LogP contribution >= 0.6 is 12.2 Å². The molecule has 1 aliphatic carbocycles. The number of nitrogens with zero attached hydrogens (tertiary/aromatic N) is 3. The first-order valence-electron chi connectivity index (χ1n) is 8.02. The van der Waals surface area contributed by atoms with Gasteiger partial charge in [0.2, 0.25) is 0 Å². The molecule has 0 bridgehead atoms. The van der Waals surface area contributed by atoms with E-state index in [1.54, 1.807) is 0 Å². The van der Waals surface area contributed by atoms with E-state index in [4.69, 9.17) is 10.2 Å². The first-order chi connectivity index (χ1) is 12.6. The fraction of sp³-hybridized carbons (Fsp3) is 0.667. The molecule has 3 atom stereocenters. The fourth-order valence-corrected chi connectivity index (χ4v) is 3.53. The van der Waals surface area contributed by atoms with Gasteiger partial charge in [0.25, 0.3) is 0 Å². The average molecular weight is 415 g/mol. The molecule has 1 aliphatic rings. The van der Waals surface area contributed by atoms with Gasteiger partial charge in [-0.25, -0.2) is 4.99 Å². The largest absolute Gasteiger partial charge is 1.00 e. The van der Waals surface area contributed by atoms with Crippen molar-refractivity contribution in [1.29, 1.82) is 0 Å². The van der Waals surface area contributed by atoms with Crippen LogP contribution in [0, 0.1) is 0 Å². The van der Waals surface area contributed by atoms with Gasteiger partial charge in [0.05, 0.1) is 36.2 Å². The quantitative estimate of drug-likeness (QED) is 0.186. The second kappa shape index (κ2) is 14.7. The van der Waals surface area contributed by atoms with E-state index in [0.29, 0.717) is 6.42 Å². The van der Waals surface area contributed by atoms with Gasteiger partial charge in [-0.15, -0.1) is 0 Å². The molecule has 1 saturated carbocycles. The van der Waals surface area contributed by atoms with Crippen molar-refractivity contribution in [1.82, 2.24) is 9.80 Å². The number of carboxylic acids is 4. The number of thiocarbonyl (C=S) groups is 1. The van der Waals surface area contributed by atoms with Crippen LogP contribution in [-0.4, -0.2) is 93.4 Å². The van der Waals surface area contributed by atoms with E-state index in [-0.39, 0.29) is 56.6 Å². The predicted octanol–water partition coefficient (Wildman–Crippen LogP) is -9.34. The average Bonchev–Trinajstić information content (AvgIpc) is 2.52. The first kappa shape index (κ1) is 30.0. The number of rotatable bonds is 11. The van der Waals surface area contributed by atoms with Crippen LogP contribution in [0.2, 0.25) is 0 Å². The van der Waals surface area contributed by atoms with Gasteiger partial charge < -0.3 is 30.0 Å². The van der Waals surface area contributed by atoms with Crippen LogP contribution in [0.15, 0.2) is 4.99 Å². The summed E-state index contributed by atoms with van der Waals surface area (Å²) in [6.45, 7) is -2.67. The van der Waals surface area contributed by atoms with E-state index in [2.05, 4.69) is 22.4 Å². The smallest absolute Gasteiger partial charge is 0.549 e. The number of aliphatic carboxylic acids is 4. The molecule has 2 N–H and O–H groups in total. The molecular weight excluding hydrogens is 396 g/mol. The van der Waals surface area contributed by atoms with Crippen LogP contribution in [0.3, 0.4) is 0 Å². The summed E-state index contributed by atoms with van der Waals surface area (Å²) in [5.74, 6) is -5.59. The van der Waals surface area contributed by atoms with Crippen molar-refractivity contribution in [3.05, 3.63) is 0 Å². The number of carbonyl (C=O) groups excluding carboxylic acids is 2. The van der Waals surface area contributed by atoms with E-state index in [1.807, 2.05) is 0 Å². The Morgan fingerprint density at radius 1 is 0.897 bits per heavy atom. The minimum atomic E-state index is -1.53. The van der Waals surface area contributed by atoms with Crippen molar-refractivity contribution in [3.63, 3.8) is 0 Å². The van der Waals surface area contributed by atoms with E-state index in [1.165, 1.54) is 4.90 Å². The van der Waals surface area contributed by atoms with E-state index >= 15 is 0 Å². The standard InChI is InChI=1S/C15H21N3O8S.2Li/c19-12(20)4-17(5-13(21)22)10-2-1-9(16-8-27)3-11(10)18(6-14(23)24)7-15(25)26;;/h9-11H,1-7H2,(H,19,20)(H,21,22)(H,23,24)(H,25,26);;/q;2*+1/p-2/t9?,10-,11-;;/m1../s1. The van der Waals surface area contributed by atoms with Gasteiger partial charge in [0.1, 0.15) is 0 Å². The van der Waals surface area contributed by atoms with Crippen molar-refractivity contribution in [2.45, 2.75) is 37.4 Å². The van der Waals surface area contributed by atoms with Crippen molar-refractivity contribution in [2.75, 3.05) is 26.2 Å². The van der Waals surface area contributed by atoms with Crippen LogP contribution < -0.4 is 47.9 Å². The molecule has 11 nitrogen and oxygen atoms in total. The van der Waals surface area contributed by atoms with Gasteiger partial charge >= 0.3 is 49.7 Å². The zero-order valence-corrected chi connectivity index (χ0v) is 17.1. The van der Waals surface area contributed by atoms with E-state index in [0.717, 1.165) is 4.90 Å². The number of hydrogen-bond acceptors (Lipinski definition) is 10. The Labute approximate surface area is 196 Å².